The molecule has 0 radical (unpaired) electrons. The van der Waals surface area contributed by atoms with Crippen molar-refractivity contribution in [2.24, 2.45) is 10.8 Å². The molecule has 1 aliphatic carbocycles. The van der Waals surface area contributed by atoms with Gasteiger partial charge in [-0.1, -0.05) is 17.8 Å². The normalized spacial score (nSPS) is 21.1. The van der Waals surface area contributed by atoms with Gasteiger partial charge in [-0.15, -0.1) is 29.1 Å². The van der Waals surface area contributed by atoms with Gasteiger partial charge in [-0.2, -0.15) is 0 Å². The summed E-state index contributed by atoms with van der Waals surface area (Å²) in [5, 5.41) is 7.26. The van der Waals surface area contributed by atoms with Gasteiger partial charge in [0.05, 0.1) is 5.69 Å². The van der Waals surface area contributed by atoms with E-state index in [9.17, 15) is 0 Å². The molecule has 5 heteroatoms. The fourth-order valence-corrected chi connectivity index (χ4v) is 3.37. The van der Waals surface area contributed by atoms with Crippen LogP contribution in [0, 0.1) is 6.92 Å². The highest BCUT2D eigenvalue weighted by Crippen LogP contribution is 2.45. The highest BCUT2D eigenvalue weighted by Gasteiger charge is 2.33. The lowest BCUT2D eigenvalue weighted by Crippen LogP contribution is -2.20. The monoisotopic (exact) mass is 389 g/mol. The van der Waals surface area contributed by atoms with Crippen LogP contribution in [0.5, 0.6) is 0 Å². The molecule has 1 atom stereocenters. The molecule has 104 valence electrons. The number of amidine groups is 1. The molecule has 0 bridgehead atoms. The number of rotatable bonds is 1. The predicted molar refractivity (Wildman–Crippen MR) is 94.8 cm³/mol. The number of nitrogens with two attached hydrogens (primary N) is 1. The minimum absolute atomic E-state index is 0. The van der Waals surface area contributed by atoms with E-state index in [0.29, 0.717) is 11.1 Å². The summed E-state index contributed by atoms with van der Waals surface area (Å²) in [6.45, 7) is 3.22. The second-order valence-corrected chi connectivity index (χ2v) is 5.93. The maximum atomic E-state index is 5.85. The number of thioether (sulfide) groups is 1. The summed E-state index contributed by atoms with van der Waals surface area (Å²) >= 11 is 1.50. The van der Waals surface area contributed by atoms with Gasteiger partial charge >= 0.3 is 0 Å². The molecule has 1 aromatic rings. The largest absolute Gasteiger partial charge is 0.377 e. The molecule has 0 fully saturated rings. The van der Waals surface area contributed by atoms with Crippen molar-refractivity contribution in [2.45, 2.75) is 32.1 Å². The number of hydrogen-bond donors (Lipinski definition) is 1. The van der Waals surface area contributed by atoms with E-state index in [1.165, 1.54) is 42.3 Å². The molecule has 1 aromatic carbocycles. The van der Waals surface area contributed by atoms with Gasteiger partial charge < -0.3 is 5.73 Å². The van der Waals surface area contributed by atoms with Crippen LogP contribution in [0.15, 0.2) is 17.2 Å². The second kappa shape index (κ2) is 5.91. The molecule has 0 aromatic heterocycles. The first-order valence-electron chi connectivity index (χ1n) is 6.48. The van der Waals surface area contributed by atoms with Gasteiger partial charge in [0.25, 0.3) is 0 Å². The minimum Gasteiger partial charge on any atom is -0.377 e. The van der Waals surface area contributed by atoms with Crippen LogP contribution < -0.4 is 10.7 Å². The Morgan fingerprint density at radius 2 is 2.26 bits per heavy atom. The maximum absolute atomic E-state index is 5.85. The van der Waals surface area contributed by atoms with Crippen LogP contribution in [0.1, 0.15) is 35.4 Å². The molecular formula is C14H20IN3S. The molecule has 19 heavy (non-hydrogen) atoms. The Balaban J connectivity index is 0.00000133. The summed E-state index contributed by atoms with van der Waals surface area (Å²) in [4.78, 5) is 0. The molecule has 0 saturated carbocycles. The van der Waals surface area contributed by atoms with Crippen molar-refractivity contribution in [3.63, 3.8) is 0 Å². The summed E-state index contributed by atoms with van der Waals surface area (Å²) in [7, 11) is 0. The van der Waals surface area contributed by atoms with E-state index in [2.05, 4.69) is 29.2 Å². The number of hydrogen-bond acceptors (Lipinski definition) is 3. The number of benzene rings is 1. The summed E-state index contributed by atoms with van der Waals surface area (Å²) < 4.78 is 0. The van der Waals surface area contributed by atoms with Crippen molar-refractivity contribution in [3.8, 4) is 0 Å². The van der Waals surface area contributed by atoms with Crippen molar-refractivity contribution in [1.29, 1.82) is 0 Å². The SMILES string of the molecule is CSC(N)=NN1CC2CCCc3c(C)ccc1c32.I. The Bertz CT molecular complexity index is 516. The Morgan fingerprint density at radius 1 is 1.47 bits per heavy atom. The van der Waals surface area contributed by atoms with Crippen LogP contribution in [-0.4, -0.2) is 18.0 Å². The summed E-state index contributed by atoms with van der Waals surface area (Å²) in [5.41, 5.74) is 11.7. The lowest BCUT2D eigenvalue weighted by atomic mass is 9.82. The van der Waals surface area contributed by atoms with Crippen molar-refractivity contribution in [2.75, 3.05) is 17.8 Å². The third-order valence-corrected chi connectivity index (χ3v) is 4.56. The molecule has 3 nitrogen and oxygen atoms in total. The van der Waals surface area contributed by atoms with Gasteiger partial charge in [0, 0.05) is 12.5 Å². The van der Waals surface area contributed by atoms with E-state index in [-0.39, 0.29) is 24.0 Å². The molecule has 0 spiro atoms. The molecule has 1 unspecified atom stereocenters. The quantitative estimate of drug-likeness (QED) is 0.455. The first-order chi connectivity index (χ1) is 8.70. The van der Waals surface area contributed by atoms with Gasteiger partial charge in [0.2, 0.25) is 0 Å². The first kappa shape index (κ1) is 15.0. The number of nitrogens with zero attached hydrogens (tertiary/aromatic N) is 2. The topological polar surface area (TPSA) is 41.6 Å². The fraction of sp³-hybridized carbons (Fsp3) is 0.500. The van der Waals surface area contributed by atoms with E-state index < -0.39 is 0 Å². The second-order valence-electron chi connectivity index (χ2n) is 5.11. The lowest BCUT2D eigenvalue weighted by Gasteiger charge is -2.21. The molecule has 0 saturated heterocycles. The van der Waals surface area contributed by atoms with Crippen LogP contribution in [0.25, 0.3) is 0 Å². The fourth-order valence-electron chi connectivity index (χ4n) is 3.19. The van der Waals surface area contributed by atoms with Crippen molar-refractivity contribution in [3.05, 3.63) is 28.8 Å². The molecule has 1 aliphatic heterocycles. The summed E-state index contributed by atoms with van der Waals surface area (Å²) in [6.07, 6.45) is 5.78. The van der Waals surface area contributed by atoms with Crippen LogP contribution in [0.4, 0.5) is 5.69 Å². The van der Waals surface area contributed by atoms with Crippen LogP contribution in [-0.2, 0) is 6.42 Å². The zero-order valence-electron chi connectivity index (χ0n) is 11.3. The predicted octanol–water partition coefficient (Wildman–Crippen LogP) is 3.45. The van der Waals surface area contributed by atoms with Gasteiger partial charge in [0.15, 0.2) is 5.17 Å². The summed E-state index contributed by atoms with van der Waals surface area (Å²) in [6, 6.07) is 4.43. The van der Waals surface area contributed by atoms with E-state index in [1.807, 2.05) is 6.26 Å². The van der Waals surface area contributed by atoms with E-state index in [0.717, 1.165) is 6.54 Å². The van der Waals surface area contributed by atoms with Crippen LogP contribution >= 0.6 is 35.7 Å². The average molecular weight is 389 g/mol. The van der Waals surface area contributed by atoms with Gasteiger partial charge in [-0.3, -0.25) is 5.01 Å². The molecule has 2 N–H and O–H groups in total. The van der Waals surface area contributed by atoms with Crippen LogP contribution in [0.3, 0.4) is 0 Å². The average Bonchev–Trinajstić information content (AvgIpc) is 2.73. The van der Waals surface area contributed by atoms with E-state index in [4.69, 9.17) is 5.73 Å². The van der Waals surface area contributed by atoms with Gasteiger partial charge in [-0.05, 0) is 55.2 Å². The Labute approximate surface area is 136 Å². The standard InChI is InChI=1S/C14H19N3S.HI/c1-9-6-7-12-13-10(4-3-5-11(9)13)8-17(12)16-14(15)18-2;/h6-7,10H,3-5,8H2,1-2H3,(H2,15,16);1H. The van der Waals surface area contributed by atoms with Crippen molar-refractivity contribution >= 4 is 46.6 Å². The smallest absolute Gasteiger partial charge is 0.178 e. The Kier molecular flexibility index (Phi) is 4.66. The number of anilines is 1. The van der Waals surface area contributed by atoms with Gasteiger partial charge in [0.1, 0.15) is 0 Å². The van der Waals surface area contributed by atoms with E-state index >= 15 is 0 Å². The molecule has 2 aliphatic rings. The van der Waals surface area contributed by atoms with Crippen molar-refractivity contribution < 1.29 is 0 Å². The Hall–Kier alpha value is -0.430. The number of aryl methyl sites for hydroxylation is 1. The van der Waals surface area contributed by atoms with Crippen molar-refractivity contribution in [1.82, 2.24) is 0 Å². The molecule has 3 rings (SSSR count). The highest BCUT2D eigenvalue weighted by molar-refractivity contribution is 14.0. The van der Waals surface area contributed by atoms with Crippen LogP contribution in [0.2, 0.25) is 0 Å². The zero-order valence-corrected chi connectivity index (χ0v) is 14.5. The lowest BCUT2D eigenvalue weighted by molar-refractivity contribution is 0.574. The zero-order chi connectivity index (χ0) is 12.7. The third-order valence-electron chi connectivity index (χ3n) is 4.06. The number of hydrazone groups is 1. The number of halogens is 1. The molecular weight excluding hydrogens is 369 g/mol. The van der Waals surface area contributed by atoms with Gasteiger partial charge in [-0.25, -0.2) is 0 Å². The highest BCUT2D eigenvalue weighted by atomic mass is 127. The minimum atomic E-state index is 0. The third kappa shape index (κ3) is 2.59. The first-order valence-corrected chi connectivity index (χ1v) is 7.71. The maximum Gasteiger partial charge on any atom is 0.178 e. The summed E-state index contributed by atoms with van der Waals surface area (Å²) in [5.74, 6) is 0.655. The molecule has 1 heterocycles. The molecule has 0 amide bonds. The van der Waals surface area contributed by atoms with E-state index in [1.54, 1.807) is 11.1 Å². The Morgan fingerprint density at radius 3 is 3.00 bits per heavy atom.